The molecule has 0 saturated heterocycles. The van der Waals surface area contributed by atoms with Crippen molar-refractivity contribution in [2.75, 3.05) is 0 Å². The van der Waals surface area contributed by atoms with Crippen LogP contribution in [0.15, 0.2) is 20.8 Å². The molecule has 0 fully saturated rings. The lowest BCUT2D eigenvalue weighted by Crippen LogP contribution is -2.22. The number of carboxylic acids is 2. The molecule has 13 nitrogen and oxygen atoms in total. The molecular formula is C8H6O13S3. The summed E-state index contributed by atoms with van der Waals surface area (Å²) in [6.07, 6.45) is 0. The van der Waals surface area contributed by atoms with Gasteiger partial charge in [0, 0.05) is 0 Å². The fraction of sp³-hybridized carbons (Fsp3) is 0. The summed E-state index contributed by atoms with van der Waals surface area (Å²) in [5, 5.41) is 17.7. The van der Waals surface area contributed by atoms with Crippen LogP contribution in [0.3, 0.4) is 0 Å². The first-order valence-corrected chi connectivity index (χ1v) is 9.41. The average Bonchev–Trinajstić information content (AvgIpc) is 2.32. The van der Waals surface area contributed by atoms with Gasteiger partial charge in [0.25, 0.3) is 30.4 Å². The fourth-order valence-electron chi connectivity index (χ4n) is 1.69. The lowest BCUT2D eigenvalue weighted by atomic mass is 10.1. The third-order valence-corrected chi connectivity index (χ3v) is 5.49. The van der Waals surface area contributed by atoms with Crippen LogP contribution >= 0.6 is 0 Å². The summed E-state index contributed by atoms with van der Waals surface area (Å²) >= 11 is 0. The van der Waals surface area contributed by atoms with Crippen LogP contribution in [0, 0.1) is 0 Å². The molecule has 0 radical (unpaired) electrons. The first-order chi connectivity index (χ1) is 10.5. The molecule has 0 atom stereocenters. The van der Waals surface area contributed by atoms with Crippen LogP contribution in [0.25, 0.3) is 0 Å². The van der Waals surface area contributed by atoms with Crippen molar-refractivity contribution in [3.63, 3.8) is 0 Å². The maximum atomic E-state index is 11.3. The van der Waals surface area contributed by atoms with Gasteiger partial charge in [0.1, 0.15) is 14.7 Å². The van der Waals surface area contributed by atoms with Crippen molar-refractivity contribution in [1.29, 1.82) is 0 Å². The van der Waals surface area contributed by atoms with E-state index in [1.807, 2.05) is 0 Å². The number of aromatic carboxylic acids is 2. The molecule has 1 aromatic carbocycles. The summed E-state index contributed by atoms with van der Waals surface area (Å²) in [6, 6.07) is -0.119. The Morgan fingerprint density at radius 1 is 0.625 bits per heavy atom. The van der Waals surface area contributed by atoms with Gasteiger partial charge < -0.3 is 10.2 Å². The van der Waals surface area contributed by atoms with Crippen molar-refractivity contribution in [2.45, 2.75) is 14.7 Å². The summed E-state index contributed by atoms with van der Waals surface area (Å²) in [6.45, 7) is 0. The molecule has 24 heavy (non-hydrogen) atoms. The average molecular weight is 406 g/mol. The van der Waals surface area contributed by atoms with Crippen LogP contribution in [0.2, 0.25) is 0 Å². The number of rotatable bonds is 5. The van der Waals surface area contributed by atoms with Gasteiger partial charge in [0.15, 0.2) is 0 Å². The van der Waals surface area contributed by atoms with Gasteiger partial charge in [0.05, 0.1) is 11.1 Å². The van der Waals surface area contributed by atoms with Crippen molar-refractivity contribution in [3.05, 3.63) is 17.2 Å². The van der Waals surface area contributed by atoms with Crippen molar-refractivity contribution in [3.8, 4) is 0 Å². The molecule has 16 heteroatoms. The van der Waals surface area contributed by atoms with E-state index in [-0.39, 0.29) is 6.07 Å². The second-order valence-corrected chi connectivity index (χ2v) is 8.07. The van der Waals surface area contributed by atoms with Crippen LogP contribution in [0.4, 0.5) is 0 Å². The zero-order chi connectivity index (χ0) is 19.2. The molecule has 0 amide bonds. The van der Waals surface area contributed by atoms with E-state index in [1.165, 1.54) is 0 Å². The minimum Gasteiger partial charge on any atom is -0.478 e. The molecule has 0 aliphatic heterocycles. The monoisotopic (exact) mass is 406 g/mol. The third kappa shape index (κ3) is 3.68. The van der Waals surface area contributed by atoms with E-state index < -0.39 is 68.1 Å². The molecule has 0 bridgehead atoms. The molecule has 5 N–H and O–H groups in total. The van der Waals surface area contributed by atoms with Gasteiger partial charge in [-0.15, -0.1) is 0 Å². The summed E-state index contributed by atoms with van der Waals surface area (Å²) in [7, 11) is -17.6. The van der Waals surface area contributed by atoms with E-state index in [0.29, 0.717) is 0 Å². The van der Waals surface area contributed by atoms with Crippen LogP contribution in [-0.2, 0) is 30.4 Å². The van der Waals surface area contributed by atoms with E-state index in [2.05, 4.69) is 0 Å². The first-order valence-electron chi connectivity index (χ1n) is 5.09. The number of hydrogen-bond acceptors (Lipinski definition) is 8. The first kappa shape index (κ1) is 19.9. The van der Waals surface area contributed by atoms with Gasteiger partial charge in [-0.2, -0.15) is 25.3 Å². The van der Waals surface area contributed by atoms with Crippen LogP contribution in [0.1, 0.15) is 20.7 Å². The van der Waals surface area contributed by atoms with Crippen molar-refractivity contribution in [2.24, 2.45) is 0 Å². The van der Waals surface area contributed by atoms with Gasteiger partial charge in [-0.25, -0.2) is 9.59 Å². The molecule has 1 aromatic rings. The van der Waals surface area contributed by atoms with Crippen LogP contribution < -0.4 is 0 Å². The maximum Gasteiger partial charge on any atom is 0.337 e. The highest BCUT2D eigenvalue weighted by Gasteiger charge is 2.40. The topological polar surface area (TPSA) is 238 Å². The van der Waals surface area contributed by atoms with Crippen molar-refractivity contribution >= 4 is 42.3 Å². The van der Waals surface area contributed by atoms with Crippen LogP contribution in [0.5, 0.6) is 0 Å². The summed E-state index contributed by atoms with van der Waals surface area (Å²) in [5.41, 5.74) is -3.34. The smallest absolute Gasteiger partial charge is 0.337 e. The van der Waals surface area contributed by atoms with Crippen molar-refractivity contribution < 1.29 is 58.7 Å². The Bertz CT molecular complexity index is 990. The molecule has 0 heterocycles. The Hall–Kier alpha value is -2.11. The Morgan fingerprint density at radius 2 is 0.875 bits per heavy atom. The zero-order valence-corrected chi connectivity index (χ0v) is 13.3. The Kier molecular flexibility index (Phi) is 4.78. The van der Waals surface area contributed by atoms with E-state index in [0.717, 1.165) is 0 Å². The Morgan fingerprint density at radius 3 is 1.04 bits per heavy atom. The summed E-state index contributed by atoms with van der Waals surface area (Å²) in [4.78, 5) is 15.5. The highest BCUT2D eigenvalue weighted by molar-refractivity contribution is 7.90. The molecule has 0 aliphatic carbocycles. The lowest BCUT2D eigenvalue weighted by molar-refractivity contribution is 0.0689. The molecular weight excluding hydrogens is 400 g/mol. The lowest BCUT2D eigenvalue weighted by Gasteiger charge is -2.14. The standard InChI is InChI=1S/C8H6O13S3/c9-7(10)2-1-3(8(11)12)5(23(16,17)18)6(24(19,20)21)4(2)22(13,14)15/h1H,(H,9,10)(H,11,12)(H,13,14,15)(H,16,17,18)(H,19,20,21). The number of carbonyl (C=O) groups is 2. The fourth-order valence-corrected chi connectivity index (χ4v) is 5.23. The molecule has 134 valence electrons. The van der Waals surface area contributed by atoms with E-state index >= 15 is 0 Å². The normalized spacial score (nSPS) is 12.8. The quantitative estimate of drug-likeness (QED) is 0.362. The Balaban J connectivity index is 4.59. The molecule has 0 aliphatic rings. The van der Waals surface area contributed by atoms with Gasteiger partial charge in [-0.1, -0.05) is 0 Å². The minimum absolute atomic E-state index is 0.119. The zero-order valence-electron chi connectivity index (χ0n) is 10.8. The summed E-state index contributed by atoms with van der Waals surface area (Å²) in [5.74, 6) is -4.56. The van der Waals surface area contributed by atoms with Gasteiger partial charge >= 0.3 is 11.9 Å². The third-order valence-electron chi connectivity index (χ3n) is 2.43. The molecule has 0 unspecified atom stereocenters. The van der Waals surface area contributed by atoms with Crippen molar-refractivity contribution in [1.82, 2.24) is 0 Å². The molecule has 0 spiro atoms. The number of carboxylic acid groups (broad SMARTS) is 2. The minimum atomic E-state index is -5.95. The highest BCUT2D eigenvalue weighted by atomic mass is 32.2. The second-order valence-electron chi connectivity index (χ2n) is 3.99. The summed E-state index contributed by atoms with van der Waals surface area (Å²) < 4.78 is 94.8. The number of benzene rings is 1. The molecule has 0 saturated carbocycles. The van der Waals surface area contributed by atoms with E-state index in [1.54, 1.807) is 0 Å². The van der Waals surface area contributed by atoms with Crippen LogP contribution in [-0.4, -0.2) is 61.1 Å². The van der Waals surface area contributed by atoms with Gasteiger partial charge in [0.2, 0.25) is 0 Å². The number of hydrogen-bond donors (Lipinski definition) is 5. The predicted octanol–water partition coefficient (Wildman–Crippen LogP) is -1.18. The Labute approximate surface area is 133 Å². The molecule has 1 rings (SSSR count). The van der Waals surface area contributed by atoms with E-state index in [4.69, 9.17) is 23.9 Å². The molecule has 0 aromatic heterocycles. The van der Waals surface area contributed by atoms with Gasteiger partial charge in [-0.05, 0) is 6.07 Å². The maximum absolute atomic E-state index is 11.3. The largest absolute Gasteiger partial charge is 0.478 e. The van der Waals surface area contributed by atoms with Gasteiger partial charge in [-0.3, -0.25) is 13.7 Å². The van der Waals surface area contributed by atoms with E-state index in [9.17, 15) is 34.8 Å². The highest BCUT2D eigenvalue weighted by Crippen LogP contribution is 2.34. The second kappa shape index (κ2) is 5.76. The SMILES string of the molecule is O=C(O)c1cc(C(=O)O)c(S(=O)(=O)O)c(S(=O)(=O)O)c1S(=O)(=O)O. The predicted molar refractivity (Wildman–Crippen MR) is 69.8 cm³/mol.